The van der Waals surface area contributed by atoms with E-state index in [9.17, 15) is 4.79 Å². The lowest BCUT2D eigenvalue weighted by atomic mass is 10.1. The number of amides is 1. The lowest BCUT2D eigenvalue weighted by Crippen LogP contribution is -2.17. The van der Waals surface area contributed by atoms with Gasteiger partial charge in [-0.2, -0.15) is 5.10 Å². The van der Waals surface area contributed by atoms with Gasteiger partial charge in [0.25, 0.3) is 5.91 Å². The van der Waals surface area contributed by atoms with Crippen molar-refractivity contribution in [2.45, 2.75) is 20.8 Å². The van der Waals surface area contributed by atoms with Crippen LogP contribution in [0.5, 0.6) is 0 Å². The highest BCUT2D eigenvalue weighted by molar-refractivity contribution is 5.95. The maximum absolute atomic E-state index is 11.9. The smallest absolute Gasteiger partial charge is 0.267 e. The van der Waals surface area contributed by atoms with E-state index in [0.29, 0.717) is 5.56 Å². The number of hydrogen-bond donors (Lipinski definition) is 1. The fourth-order valence-corrected chi connectivity index (χ4v) is 1.77. The number of hydrogen-bond acceptors (Lipinski definition) is 2. The summed E-state index contributed by atoms with van der Waals surface area (Å²) in [5.41, 5.74) is 7.58. The van der Waals surface area contributed by atoms with Crippen LogP contribution in [0.3, 0.4) is 0 Å². The van der Waals surface area contributed by atoms with Crippen molar-refractivity contribution in [3.63, 3.8) is 0 Å². The van der Waals surface area contributed by atoms with Crippen LogP contribution >= 0.6 is 0 Å². The van der Waals surface area contributed by atoms with Gasteiger partial charge in [0.15, 0.2) is 0 Å². The first kappa shape index (κ1) is 14.0. The highest BCUT2D eigenvalue weighted by Gasteiger charge is 2.04. The van der Waals surface area contributed by atoms with E-state index in [2.05, 4.69) is 10.5 Å². The maximum Gasteiger partial charge on any atom is 0.271 e. The van der Waals surface area contributed by atoms with Crippen LogP contribution in [-0.4, -0.2) is 12.1 Å². The van der Waals surface area contributed by atoms with Gasteiger partial charge < -0.3 is 0 Å². The molecule has 20 heavy (non-hydrogen) atoms. The number of benzene rings is 2. The minimum atomic E-state index is -0.198. The zero-order valence-electron chi connectivity index (χ0n) is 12.0. The molecule has 3 heteroatoms. The zero-order valence-corrected chi connectivity index (χ0v) is 12.0. The van der Waals surface area contributed by atoms with Crippen LogP contribution < -0.4 is 5.43 Å². The highest BCUT2D eigenvalue weighted by Crippen LogP contribution is 2.09. The van der Waals surface area contributed by atoms with Crippen molar-refractivity contribution < 1.29 is 4.79 Å². The van der Waals surface area contributed by atoms with Gasteiger partial charge in [-0.3, -0.25) is 4.79 Å². The predicted octanol–water partition coefficient (Wildman–Crippen LogP) is 3.38. The molecule has 102 valence electrons. The third kappa shape index (κ3) is 3.54. The Morgan fingerprint density at radius 1 is 1.00 bits per heavy atom. The van der Waals surface area contributed by atoms with Crippen molar-refractivity contribution in [3.05, 3.63) is 70.3 Å². The molecule has 0 saturated carbocycles. The molecule has 0 heterocycles. The third-order valence-corrected chi connectivity index (χ3v) is 3.23. The first-order chi connectivity index (χ1) is 9.56. The van der Waals surface area contributed by atoms with E-state index in [1.807, 2.05) is 57.2 Å². The fraction of sp³-hybridized carbons (Fsp3) is 0.176. The molecule has 0 fully saturated rings. The molecule has 0 aromatic heterocycles. The molecule has 0 unspecified atom stereocenters. The second-order valence-electron chi connectivity index (χ2n) is 4.91. The van der Waals surface area contributed by atoms with Gasteiger partial charge in [-0.05, 0) is 49.6 Å². The van der Waals surface area contributed by atoms with Crippen LogP contribution in [-0.2, 0) is 0 Å². The molecule has 0 aliphatic carbocycles. The minimum Gasteiger partial charge on any atom is -0.267 e. The molecule has 2 aromatic rings. The van der Waals surface area contributed by atoms with Gasteiger partial charge in [0, 0.05) is 5.56 Å². The van der Waals surface area contributed by atoms with Crippen LogP contribution in [0.25, 0.3) is 0 Å². The summed E-state index contributed by atoms with van der Waals surface area (Å²) in [5, 5.41) is 3.98. The Kier molecular flexibility index (Phi) is 4.31. The number of nitrogens with zero attached hydrogens (tertiary/aromatic N) is 1. The summed E-state index contributed by atoms with van der Waals surface area (Å²) < 4.78 is 0. The number of nitrogens with one attached hydrogen (secondary N) is 1. The normalized spacial score (nSPS) is 10.8. The Hall–Kier alpha value is -2.42. The Balaban J connectivity index is 2.01. The van der Waals surface area contributed by atoms with Crippen LogP contribution in [0.1, 0.15) is 32.6 Å². The SMILES string of the molecule is Cc1ccc(/C=N/NC(=O)c2ccc(C)c(C)c2)cc1. The van der Waals surface area contributed by atoms with Crippen LogP contribution in [0.4, 0.5) is 0 Å². The summed E-state index contributed by atoms with van der Waals surface area (Å²) in [4.78, 5) is 11.9. The van der Waals surface area contributed by atoms with Crippen molar-refractivity contribution in [1.29, 1.82) is 0 Å². The van der Waals surface area contributed by atoms with Crippen molar-refractivity contribution in [2.24, 2.45) is 5.10 Å². The largest absolute Gasteiger partial charge is 0.271 e. The van der Waals surface area contributed by atoms with Gasteiger partial charge in [0.05, 0.1) is 6.21 Å². The number of rotatable bonds is 3. The van der Waals surface area contributed by atoms with Gasteiger partial charge in [0.1, 0.15) is 0 Å². The number of carbonyl (C=O) groups is 1. The topological polar surface area (TPSA) is 41.5 Å². The summed E-state index contributed by atoms with van der Waals surface area (Å²) >= 11 is 0. The lowest BCUT2D eigenvalue weighted by molar-refractivity contribution is 0.0955. The van der Waals surface area contributed by atoms with E-state index in [1.54, 1.807) is 12.3 Å². The minimum absolute atomic E-state index is 0.198. The standard InChI is InChI=1S/C17H18N2O/c1-12-4-7-15(8-5-12)11-18-19-17(20)16-9-6-13(2)14(3)10-16/h4-11H,1-3H3,(H,19,20)/b18-11+. The molecule has 0 aliphatic heterocycles. The molecule has 1 N–H and O–H groups in total. The van der Waals surface area contributed by atoms with Gasteiger partial charge >= 0.3 is 0 Å². The zero-order chi connectivity index (χ0) is 14.5. The average molecular weight is 266 g/mol. The van der Waals surface area contributed by atoms with Crippen molar-refractivity contribution in [2.75, 3.05) is 0 Å². The highest BCUT2D eigenvalue weighted by atomic mass is 16.2. The number of aryl methyl sites for hydroxylation is 3. The fourth-order valence-electron chi connectivity index (χ4n) is 1.77. The summed E-state index contributed by atoms with van der Waals surface area (Å²) in [6.07, 6.45) is 1.64. The molecule has 0 aliphatic rings. The van der Waals surface area contributed by atoms with E-state index in [-0.39, 0.29) is 5.91 Å². The van der Waals surface area contributed by atoms with Gasteiger partial charge in [-0.1, -0.05) is 35.9 Å². The quantitative estimate of drug-likeness (QED) is 0.671. The van der Waals surface area contributed by atoms with Crippen LogP contribution in [0.2, 0.25) is 0 Å². The molecular formula is C17H18N2O. The monoisotopic (exact) mass is 266 g/mol. The molecule has 0 atom stereocenters. The van der Waals surface area contributed by atoms with Crippen LogP contribution in [0.15, 0.2) is 47.6 Å². The molecule has 0 saturated heterocycles. The molecule has 1 amide bonds. The second kappa shape index (κ2) is 6.15. The summed E-state index contributed by atoms with van der Waals surface area (Å²) in [6, 6.07) is 13.5. The molecule has 2 aromatic carbocycles. The first-order valence-corrected chi connectivity index (χ1v) is 6.53. The number of hydrazone groups is 1. The molecule has 0 spiro atoms. The molecule has 2 rings (SSSR count). The molecule has 0 radical (unpaired) electrons. The van der Waals surface area contributed by atoms with E-state index >= 15 is 0 Å². The van der Waals surface area contributed by atoms with E-state index in [0.717, 1.165) is 11.1 Å². The summed E-state index contributed by atoms with van der Waals surface area (Å²) in [7, 11) is 0. The van der Waals surface area contributed by atoms with Gasteiger partial charge in [-0.15, -0.1) is 0 Å². The average Bonchev–Trinajstić information content (AvgIpc) is 2.44. The van der Waals surface area contributed by atoms with Crippen LogP contribution in [0, 0.1) is 20.8 Å². The predicted molar refractivity (Wildman–Crippen MR) is 82.2 cm³/mol. The maximum atomic E-state index is 11.9. The van der Waals surface area contributed by atoms with Crippen molar-refractivity contribution >= 4 is 12.1 Å². The molecular weight excluding hydrogens is 248 g/mol. The van der Waals surface area contributed by atoms with E-state index in [4.69, 9.17) is 0 Å². The Morgan fingerprint density at radius 2 is 1.70 bits per heavy atom. The third-order valence-electron chi connectivity index (χ3n) is 3.23. The van der Waals surface area contributed by atoms with E-state index in [1.165, 1.54) is 11.1 Å². The second-order valence-corrected chi connectivity index (χ2v) is 4.91. The molecule has 0 bridgehead atoms. The van der Waals surface area contributed by atoms with Crippen molar-refractivity contribution in [1.82, 2.24) is 5.43 Å². The summed E-state index contributed by atoms with van der Waals surface area (Å²) in [6.45, 7) is 6.04. The summed E-state index contributed by atoms with van der Waals surface area (Å²) in [5.74, 6) is -0.198. The Bertz CT molecular complexity index is 643. The Morgan fingerprint density at radius 3 is 2.35 bits per heavy atom. The van der Waals surface area contributed by atoms with Crippen molar-refractivity contribution in [3.8, 4) is 0 Å². The van der Waals surface area contributed by atoms with E-state index < -0.39 is 0 Å². The Labute approximate surface area is 119 Å². The first-order valence-electron chi connectivity index (χ1n) is 6.53. The van der Waals surface area contributed by atoms with Gasteiger partial charge in [0.2, 0.25) is 0 Å². The van der Waals surface area contributed by atoms with Gasteiger partial charge in [-0.25, -0.2) is 5.43 Å². The molecule has 3 nitrogen and oxygen atoms in total. The lowest BCUT2D eigenvalue weighted by Gasteiger charge is -2.03. The number of carbonyl (C=O) groups excluding carboxylic acids is 1.